The molecule has 0 aliphatic carbocycles. The minimum absolute atomic E-state index is 0.0109. The molecule has 1 atom stereocenters. The molecule has 2 aromatic carbocycles. The van der Waals surface area contributed by atoms with Crippen LogP contribution in [0.4, 0.5) is 0 Å². The Labute approximate surface area is 141 Å². The van der Waals surface area contributed by atoms with Crippen molar-refractivity contribution < 1.29 is 14.6 Å². The highest BCUT2D eigenvalue weighted by Gasteiger charge is 2.17. The molecule has 124 valence electrons. The molecule has 0 bridgehead atoms. The summed E-state index contributed by atoms with van der Waals surface area (Å²) in [6.07, 6.45) is 3.50. The maximum Gasteiger partial charge on any atom is 0.119 e. The van der Waals surface area contributed by atoms with E-state index in [4.69, 9.17) is 4.74 Å². The fourth-order valence-electron chi connectivity index (χ4n) is 3.14. The zero-order valence-corrected chi connectivity index (χ0v) is 13.6. The lowest BCUT2D eigenvalue weighted by molar-refractivity contribution is -0.306. The van der Waals surface area contributed by atoms with Gasteiger partial charge in [0.25, 0.3) is 0 Å². The molecule has 4 nitrogen and oxygen atoms in total. The second-order valence-corrected chi connectivity index (χ2v) is 5.95. The summed E-state index contributed by atoms with van der Waals surface area (Å²) >= 11 is 0. The van der Waals surface area contributed by atoms with Crippen LogP contribution >= 0.6 is 0 Å². The highest BCUT2D eigenvalue weighted by atomic mass is 16.5. The molecule has 1 aromatic heterocycles. The van der Waals surface area contributed by atoms with Crippen LogP contribution in [0, 0.1) is 0 Å². The van der Waals surface area contributed by atoms with Crippen LogP contribution in [0.25, 0.3) is 10.9 Å². The number of carbonyl (C=O) groups is 1. The van der Waals surface area contributed by atoms with Gasteiger partial charge >= 0.3 is 0 Å². The third-order valence-corrected chi connectivity index (χ3v) is 4.40. The van der Waals surface area contributed by atoms with Crippen LogP contribution < -0.4 is 9.84 Å². The van der Waals surface area contributed by atoms with E-state index in [9.17, 15) is 9.90 Å². The van der Waals surface area contributed by atoms with E-state index in [0.717, 1.165) is 35.1 Å². The zero-order chi connectivity index (χ0) is 16.9. The number of nitrogens with one attached hydrogen (secondary N) is 1. The molecule has 0 radical (unpaired) electrons. The van der Waals surface area contributed by atoms with Crippen molar-refractivity contribution in [2.24, 2.45) is 0 Å². The quantitative estimate of drug-likeness (QED) is 0.727. The van der Waals surface area contributed by atoms with Crippen molar-refractivity contribution in [2.75, 3.05) is 7.11 Å². The van der Waals surface area contributed by atoms with Crippen molar-refractivity contribution in [3.8, 4) is 5.75 Å². The van der Waals surface area contributed by atoms with Crippen molar-refractivity contribution in [3.05, 3.63) is 65.9 Å². The minimum atomic E-state index is -1.02. The number of H-pyrrole nitrogens is 1. The first kappa shape index (κ1) is 16.1. The molecule has 0 unspecified atom stereocenters. The molecular weight excluding hydrogens is 302 g/mol. The van der Waals surface area contributed by atoms with E-state index in [0.29, 0.717) is 0 Å². The number of aryl methyl sites for hydroxylation is 1. The fraction of sp³-hybridized carbons (Fsp3) is 0.250. The average Bonchev–Trinajstić information content (AvgIpc) is 3.02. The molecule has 0 aliphatic heterocycles. The molecule has 3 rings (SSSR count). The number of carboxylic acids is 1. The second kappa shape index (κ2) is 7.21. The lowest BCUT2D eigenvalue weighted by Gasteiger charge is -2.17. The van der Waals surface area contributed by atoms with Gasteiger partial charge in [0.1, 0.15) is 5.75 Å². The zero-order valence-electron chi connectivity index (χ0n) is 13.6. The summed E-state index contributed by atoms with van der Waals surface area (Å²) in [6, 6.07) is 15.9. The summed E-state index contributed by atoms with van der Waals surface area (Å²) in [4.78, 5) is 14.5. The van der Waals surface area contributed by atoms with E-state index < -0.39 is 5.97 Å². The van der Waals surface area contributed by atoms with E-state index in [1.165, 1.54) is 5.56 Å². The predicted octanol–water partition coefficient (Wildman–Crippen LogP) is 3.03. The number of benzene rings is 2. The van der Waals surface area contributed by atoms with Crippen molar-refractivity contribution >= 4 is 16.9 Å². The number of methoxy groups -OCH3 is 1. The summed E-state index contributed by atoms with van der Waals surface area (Å²) < 4.78 is 5.29. The maximum absolute atomic E-state index is 11.2. The van der Waals surface area contributed by atoms with E-state index in [2.05, 4.69) is 17.1 Å². The first-order valence-electron chi connectivity index (χ1n) is 8.06. The monoisotopic (exact) mass is 322 g/mol. The van der Waals surface area contributed by atoms with Crippen LogP contribution in [0.1, 0.15) is 29.9 Å². The summed E-state index contributed by atoms with van der Waals surface area (Å²) in [5.41, 5.74) is 3.19. The molecule has 4 heteroatoms. The summed E-state index contributed by atoms with van der Waals surface area (Å²) in [7, 11) is 1.63. The largest absolute Gasteiger partial charge is 0.550 e. The molecule has 3 aromatic rings. The van der Waals surface area contributed by atoms with Gasteiger partial charge in [0.15, 0.2) is 0 Å². The number of rotatable bonds is 7. The van der Waals surface area contributed by atoms with E-state index in [1.807, 2.05) is 42.6 Å². The normalized spacial score (nSPS) is 12.2. The molecule has 0 amide bonds. The molecule has 0 fully saturated rings. The van der Waals surface area contributed by atoms with Gasteiger partial charge in [-0.1, -0.05) is 30.3 Å². The van der Waals surface area contributed by atoms with Crippen LogP contribution in [0.2, 0.25) is 0 Å². The molecule has 24 heavy (non-hydrogen) atoms. The van der Waals surface area contributed by atoms with Crippen LogP contribution in [0.15, 0.2) is 54.7 Å². The Balaban J connectivity index is 1.89. The molecule has 1 heterocycles. The topological polar surface area (TPSA) is 65.2 Å². The van der Waals surface area contributed by atoms with Gasteiger partial charge in [-0.25, -0.2) is 0 Å². The highest BCUT2D eigenvalue weighted by molar-refractivity contribution is 5.85. The van der Waals surface area contributed by atoms with Gasteiger partial charge in [0.05, 0.1) is 7.11 Å². The van der Waals surface area contributed by atoms with Gasteiger partial charge in [-0.15, -0.1) is 0 Å². The van der Waals surface area contributed by atoms with Crippen LogP contribution in [-0.4, -0.2) is 18.1 Å². The summed E-state index contributed by atoms with van der Waals surface area (Å²) in [5, 5.41) is 12.2. The third kappa shape index (κ3) is 3.59. The Morgan fingerprint density at radius 2 is 2.00 bits per heavy atom. The average molecular weight is 322 g/mol. The summed E-state index contributed by atoms with van der Waals surface area (Å²) in [5.74, 6) is -0.361. The Morgan fingerprint density at radius 3 is 2.71 bits per heavy atom. The Bertz CT molecular complexity index is 823. The van der Waals surface area contributed by atoms with Crippen LogP contribution in [0.3, 0.4) is 0 Å². The molecule has 0 spiro atoms. The predicted molar refractivity (Wildman–Crippen MR) is 92.0 cm³/mol. The molecule has 1 N–H and O–H groups in total. The van der Waals surface area contributed by atoms with Crippen LogP contribution in [0.5, 0.6) is 5.75 Å². The van der Waals surface area contributed by atoms with E-state index in [-0.39, 0.29) is 12.3 Å². The first-order chi connectivity index (χ1) is 11.7. The molecule has 0 saturated heterocycles. The van der Waals surface area contributed by atoms with Gasteiger partial charge in [0, 0.05) is 23.1 Å². The SMILES string of the molecule is COc1ccc2[nH]cc([C@@H](CCc3ccccc3)CC(=O)[O-])c2c1. The van der Waals surface area contributed by atoms with Crippen molar-refractivity contribution in [3.63, 3.8) is 0 Å². The minimum Gasteiger partial charge on any atom is -0.550 e. The lowest BCUT2D eigenvalue weighted by atomic mass is 9.89. The molecule has 0 aliphatic rings. The Kier molecular flexibility index (Phi) is 4.85. The smallest absolute Gasteiger partial charge is 0.119 e. The summed E-state index contributed by atoms with van der Waals surface area (Å²) in [6.45, 7) is 0. The first-order valence-corrected chi connectivity index (χ1v) is 8.06. The van der Waals surface area contributed by atoms with E-state index >= 15 is 0 Å². The Hall–Kier alpha value is -2.75. The molecule has 0 saturated carbocycles. The Morgan fingerprint density at radius 1 is 1.21 bits per heavy atom. The van der Waals surface area contributed by atoms with Gasteiger partial charge in [-0.3, -0.25) is 0 Å². The lowest BCUT2D eigenvalue weighted by Crippen LogP contribution is -2.24. The number of aliphatic carboxylic acids is 1. The van der Waals surface area contributed by atoms with Gasteiger partial charge in [0.2, 0.25) is 0 Å². The van der Waals surface area contributed by atoms with E-state index in [1.54, 1.807) is 7.11 Å². The number of carboxylic acid groups (broad SMARTS) is 1. The second-order valence-electron chi connectivity index (χ2n) is 5.95. The maximum atomic E-state index is 11.2. The number of ether oxygens (including phenoxy) is 1. The third-order valence-electron chi connectivity index (χ3n) is 4.40. The fourth-order valence-corrected chi connectivity index (χ4v) is 3.14. The molecular formula is C20H20NO3-. The number of hydrogen-bond acceptors (Lipinski definition) is 3. The van der Waals surface area contributed by atoms with Crippen LogP contribution in [-0.2, 0) is 11.2 Å². The number of aromatic amines is 1. The van der Waals surface area contributed by atoms with Crippen molar-refractivity contribution in [1.82, 2.24) is 4.98 Å². The van der Waals surface area contributed by atoms with Crippen molar-refractivity contribution in [1.29, 1.82) is 0 Å². The van der Waals surface area contributed by atoms with Gasteiger partial charge in [-0.2, -0.15) is 0 Å². The van der Waals surface area contributed by atoms with Gasteiger partial charge < -0.3 is 19.6 Å². The van der Waals surface area contributed by atoms with Gasteiger partial charge in [-0.05, 0) is 54.5 Å². The standard InChI is InChI=1S/C20H21NO3/c1-24-16-9-10-19-17(12-16)18(13-21-19)15(11-20(22)23)8-7-14-5-3-2-4-6-14/h2-6,9-10,12-13,15,21H,7-8,11H2,1H3,(H,22,23)/p-1/t15-/m0/s1. The number of aromatic nitrogens is 1. The number of carbonyl (C=O) groups excluding carboxylic acids is 1. The highest BCUT2D eigenvalue weighted by Crippen LogP contribution is 2.33. The number of fused-ring (bicyclic) bond motifs is 1. The van der Waals surface area contributed by atoms with Crippen molar-refractivity contribution in [2.45, 2.75) is 25.2 Å². The number of hydrogen-bond donors (Lipinski definition) is 1.